The van der Waals surface area contributed by atoms with E-state index in [4.69, 9.17) is 0 Å². The average molecular weight is 1040 g/mol. The van der Waals surface area contributed by atoms with Gasteiger partial charge >= 0.3 is 0 Å². The fraction of sp³-hybridized carbons (Fsp3) is 0.175. The summed E-state index contributed by atoms with van der Waals surface area (Å²) in [5.41, 5.74) is 26.8. The predicted molar refractivity (Wildman–Crippen MR) is 354 cm³/mol. The van der Waals surface area contributed by atoms with Gasteiger partial charge in [-0.05, 0) is 224 Å². The van der Waals surface area contributed by atoms with Gasteiger partial charge in [-0.3, -0.25) is 0 Å². The van der Waals surface area contributed by atoms with Crippen LogP contribution in [-0.2, 0) is 0 Å². The van der Waals surface area contributed by atoms with Gasteiger partial charge in [0.15, 0.2) is 0 Å². The second kappa shape index (κ2) is 28.3. The topological polar surface area (TPSA) is 0 Å². The maximum absolute atomic E-state index is 2.30. The Balaban J connectivity index is 0.000000139. The molecule has 0 unspecified atom stereocenters. The third-order valence-electron chi connectivity index (χ3n) is 15.5. The highest BCUT2D eigenvalue weighted by Crippen LogP contribution is 2.28. The number of benzene rings is 12. The van der Waals surface area contributed by atoms with Crippen LogP contribution in [0.5, 0.6) is 0 Å². The summed E-state index contributed by atoms with van der Waals surface area (Å²) in [5, 5.41) is 8.14. The molecule has 0 aromatic heterocycles. The van der Waals surface area contributed by atoms with Crippen molar-refractivity contribution in [3.8, 4) is 33.4 Å². The smallest absolute Gasteiger partial charge is 0.0149 e. The van der Waals surface area contributed by atoms with E-state index in [2.05, 4.69) is 334 Å². The predicted octanol–water partition coefficient (Wildman–Crippen LogP) is 22.9. The Hall–Kier alpha value is -8.58. The number of aryl methyl sites for hydroxylation is 14. The van der Waals surface area contributed by atoms with E-state index in [0.29, 0.717) is 0 Å². The van der Waals surface area contributed by atoms with Crippen LogP contribution in [0.4, 0.5) is 0 Å². The molecule has 0 aliphatic carbocycles. The van der Waals surface area contributed by atoms with Gasteiger partial charge in [-0.2, -0.15) is 0 Å². The lowest BCUT2D eigenvalue weighted by atomic mass is 9.96. The van der Waals surface area contributed by atoms with Crippen molar-refractivity contribution in [2.45, 2.75) is 96.9 Å². The van der Waals surface area contributed by atoms with Crippen molar-refractivity contribution in [1.29, 1.82) is 0 Å². The van der Waals surface area contributed by atoms with E-state index >= 15 is 0 Å². The number of fused-ring (bicyclic) bond motifs is 3. The first kappa shape index (κ1) is 59.1. The maximum atomic E-state index is 2.30. The first-order valence-electron chi connectivity index (χ1n) is 28.2. The fourth-order valence-corrected chi connectivity index (χ4v) is 9.59. The van der Waals surface area contributed by atoms with Gasteiger partial charge in [0.05, 0.1) is 0 Å². The molecule has 0 nitrogen and oxygen atoms in total. The number of hydrogen-bond acceptors (Lipinski definition) is 0. The summed E-state index contributed by atoms with van der Waals surface area (Å²) in [6.45, 7) is 30.2. The highest BCUT2D eigenvalue weighted by atomic mass is 14.1. The molecule has 0 aliphatic heterocycles. The largest absolute Gasteiger partial charge is 0.0622 e. The minimum absolute atomic E-state index is 1.29. The first-order valence-corrected chi connectivity index (χ1v) is 28.2. The van der Waals surface area contributed by atoms with Gasteiger partial charge < -0.3 is 0 Å². The van der Waals surface area contributed by atoms with Crippen molar-refractivity contribution >= 4 is 32.3 Å². The minimum atomic E-state index is 1.29. The van der Waals surface area contributed by atoms with E-state index in [1.54, 1.807) is 0 Å². The van der Waals surface area contributed by atoms with Crippen LogP contribution in [-0.4, -0.2) is 0 Å². The third-order valence-corrected chi connectivity index (χ3v) is 15.5. The summed E-state index contributed by atoms with van der Waals surface area (Å²) in [6.07, 6.45) is 0. The van der Waals surface area contributed by atoms with Gasteiger partial charge in [-0.25, -0.2) is 0 Å². The Morgan fingerprint density at radius 3 is 1.07 bits per heavy atom. The van der Waals surface area contributed by atoms with Crippen molar-refractivity contribution in [1.82, 2.24) is 0 Å². The highest BCUT2D eigenvalue weighted by molar-refractivity contribution is 5.90. The molecule has 0 aliphatic rings. The standard InChI is InChI=1S/C16H18.C14H14.C14H16.C13H12.C12H12.C11H10/c1-11-5-7-15(9-13(11)3)16-8-6-12(2)14(4)10-16;1-11-3-7-13(8-4-11)14-9-5-12(2)6-10-14;1-9-5-6-10(2)14-8-12(4)11(3)7-13(9)14;1-11-7-5-6-10-13(11)12-8-3-2-4-9-12;1-9-7-8-11-5-3-4-6-12(11)10(9)2;1-9-6-7-10-4-2-3-5-11(10)8-9/h5-10H,1-4H3;3-10H,1-2H3;5-8H,1-4H3;2-10H,1H3;3-8H,1-2H3;2-8H,1H3. The first-order chi connectivity index (χ1) is 38.4. The Morgan fingerprint density at radius 1 is 0.175 bits per heavy atom. The Kier molecular flexibility index (Phi) is 20.9. The van der Waals surface area contributed by atoms with Crippen molar-refractivity contribution < 1.29 is 0 Å². The lowest BCUT2D eigenvalue weighted by Crippen LogP contribution is -1.87. The van der Waals surface area contributed by atoms with Gasteiger partial charge in [0, 0.05) is 0 Å². The van der Waals surface area contributed by atoms with E-state index in [1.807, 2.05) is 6.07 Å². The third kappa shape index (κ3) is 16.2. The van der Waals surface area contributed by atoms with Crippen molar-refractivity contribution in [3.63, 3.8) is 0 Å². The molecule has 0 spiro atoms. The zero-order valence-electron chi connectivity index (χ0n) is 50.1. The van der Waals surface area contributed by atoms with E-state index in [-0.39, 0.29) is 0 Å². The van der Waals surface area contributed by atoms with Crippen LogP contribution in [0.2, 0.25) is 0 Å². The van der Waals surface area contributed by atoms with Gasteiger partial charge in [0.25, 0.3) is 0 Å². The van der Waals surface area contributed by atoms with Crippen molar-refractivity contribution in [2.75, 3.05) is 0 Å². The van der Waals surface area contributed by atoms with E-state index in [0.717, 1.165) is 0 Å². The molecule has 0 heteroatoms. The highest BCUT2D eigenvalue weighted by Gasteiger charge is 2.05. The average Bonchev–Trinajstić information content (AvgIpc) is 3.47. The molecule has 0 saturated heterocycles. The van der Waals surface area contributed by atoms with E-state index < -0.39 is 0 Å². The molecule has 0 fully saturated rings. The summed E-state index contributed by atoms with van der Waals surface area (Å²) in [4.78, 5) is 0. The zero-order valence-corrected chi connectivity index (χ0v) is 50.1. The maximum Gasteiger partial charge on any atom is -0.0149 e. The summed E-state index contributed by atoms with van der Waals surface area (Å²) >= 11 is 0. The molecule has 0 bridgehead atoms. The molecule has 12 rings (SSSR count). The molecule has 0 saturated carbocycles. The van der Waals surface area contributed by atoms with Gasteiger partial charge in [-0.15, -0.1) is 0 Å². The molecule has 0 atom stereocenters. The minimum Gasteiger partial charge on any atom is -0.0622 e. The molecular weight excluding hydrogens is 961 g/mol. The van der Waals surface area contributed by atoms with Crippen LogP contribution in [0.25, 0.3) is 65.7 Å². The van der Waals surface area contributed by atoms with Crippen molar-refractivity contribution in [3.05, 3.63) is 321 Å². The summed E-state index contributed by atoms with van der Waals surface area (Å²) in [6, 6.07) is 86.3. The van der Waals surface area contributed by atoms with Gasteiger partial charge in [-0.1, -0.05) is 259 Å². The van der Waals surface area contributed by atoms with Crippen LogP contribution >= 0.6 is 0 Å². The van der Waals surface area contributed by atoms with Crippen LogP contribution in [0.15, 0.2) is 243 Å². The van der Waals surface area contributed by atoms with Gasteiger partial charge in [0.2, 0.25) is 0 Å². The summed E-state index contributed by atoms with van der Waals surface area (Å²) in [5.74, 6) is 0. The van der Waals surface area contributed by atoms with Crippen LogP contribution in [0.1, 0.15) is 77.9 Å². The molecule has 0 N–H and O–H groups in total. The Labute approximate surface area is 480 Å². The summed E-state index contributed by atoms with van der Waals surface area (Å²) in [7, 11) is 0. The lowest BCUT2D eigenvalue weighted by molar-refractivity contribution is 1.32. The molecule has 80 heavy (non-hydrogen) atoms. The summed E-state index contributed by atoms with van der Waals surface area (Å²) < 4.78 is 0. The quantitative estimate of drug-likeness (QED) is 0.165. The normalized spacial score (nSPS) is 10.4. The number of hydrogen-bond donors (Lipinski definition) is 0. The molecule has 0 heterocycles. The van der Waals surface area contributed by atoms with Crippen molar-refractivity contribution in [2.24, 2.45) is 0 Å². The molecule has 12 aromatic carbocycles. The lowest BCUT2D eigenvalue weighted by Gasteiger charge is -2.09. The van der Waals surface area contributed by atoms with Crippen LogP contribution < -0.4 is 0 Å². The second-order valence-electron chi connectivity index (χ2n) is 21.8. The Morgan fingerprint density at radius 2 is 0.562 bits per heavy atom. The fourth-order valence-electron chi connectivity index (χ4n) is 9.59. The van der Waals surface area contributed by atoms with Crippen LogP contribution in [0.3, 0.4) is 0 Å². The monoisotopic (exact) mass is 1040 g/mol. The Bertz CT molecular complexity index is 3810. The van der Waals surface area contributed by atoms with Crippen LogP contribution in [0, 0.1) is 96.9 Å². The SMILES string of the molecule is Cc1cc2c(C)ccc(C)c2cc1C.Cc1ccc(-c2ccc(C)c(C)c2)cc1C.Cc1ccc(-c2ccc(C)cc2)cc1.Cc1ccc2ccccc2c1.Cc1ccc2ccccc2c1C.Cc1ccccc1-c1ccccc1. The molecular formula is C80H82. The second-order valence-corrected chi connectivity index (χ2v) is 21.8. The van der Waals surface area contributed by atoms with E-state index in [9.17, 15) is 0 Å². The number of rotatable bonds is 3. The molecule has 12 aromatic rings. The molecule has 0 amide bonds. The van der Waals surface area contributed by atoms with E-state index in [1.165, 1.54) is 144 Å². The zero-order chi connectivity index (χ0) is 57.3. The molecule has 402 valence electrons. The van der Waals surface area contributed by atoms with Gasteiger partial charge in [0.1, 0.15) is 0 Å². The molecule has 0 radical (unpaired) electrons.